The molecule has 0 heterocycles. The standard InChI is InChI=1S/C18H20N2O3/c1-12(2)15-7-4-14(5-8-15)6-9-18(22)23-11-17(21)16(10-19)13(3)20/h4-9,12H,11,20H2,1-3H3. The van der Waals surface area contributed by atoms with E-state index < -0.39 is 18.4 Å². The number of nitrogens with two attached hydrogens (primary N) is 1. The lowest BCUT2D eigenvalue weighted by atomic mass is 10.0. The Morgan fingerprint density at radius 2 is 1.91 bits per heavy atom. The molecule has 0 amide bonds. The van der Waals surface area contributed by atoms with Crippen LogP contribution < -0.4 is 5.73 Å². The summed E-state index contributed by atoms with van der Waals surface area (Å²) in [5.74, 6) is -0.828. The van der Waals surface area contributed by atoms with E-state index in [1.807, 2.05) is 24.3 Å². The van der Waals surface area contributed by atoms with Gasteiger partial charge in [0.1, 0.15) is 11.6 Å². The minimum Gasteiger partial charge on any atom is -0.454 e. The fraction of sp³-hybridized carbons (Fsp3) is 0.278. The molecule has 5 nitrogen and oxygen atoms in total. The van der Waals surface area contributed by atoms with Gasteiger partial charge in [0.2, 0.25) is 5.78 Å². The van der Waals surface area contributed by atoms with Crippen molar-refractivity contribution in [1.29, 1.82) is 5.26 Å². The average Bonchev–Trinajstić information content (AvgIpc) is 2.51. The third kappa shape index (κ3) is 5.79. The Balaban J connectivity index is 2.58. The molecule has 0 fully saturated rings. The minimum atomic E-state index is -0.654. The van der Waals surface area contributed by atoms with E-state index in [1.165, 1.54) is 18.6 Å². The highest BCUT2D eigenvalue weighted by molar-refractivity contribution is 6.01. The van der Waals surface area contributed by atoms with E-state index in [0.717, 1.165) is 5.56 Å². The first-order valence-electron chi connectivity index (χ1n) is 7.19. The molecular formula is C18H20N2O3. The third-order valence-corrected chi connectivity index (χ3v) is 3.15. The van der Waals surface area contributed by atoms with Crippen LogP contribution in [-0.4, -0.2) is 18.4 Å². The van der Waals surface area contributed by atoms with Gasteiger partial charge in [-0.2, -0.15) is 5.26 Å². The number of ketones is 1. The maximum atomic E-state index is 11.6. The Morgan fingerprint density at radius 3 is 2.39 bits per heavy atom. The van der Waals surface area contributed by atoms with E-state index in [2.05, 4.69) is 13.8 Å². The van der Waals surface area contributed by atoms with Crippen LogP contribution in [0, 0.1) is 11.3 Å². The zero-order chi connectivity index (χ0) is 17.4. The summed E-state index contributed by atoms with van der Waals surface area (Å²) in [5.41, 5.74) is 7.39. The average molecular weight is 312 g/mol. The van der Waals surface area contributed by atoms with Crippen LogP contribution in [0.5, 0.6) is 0 Å². The van der Waals surface area contributed by atoms with Crippen LogP contribution in [-0.2, 0) is 14.3 Å². The smallest absolute Gasteiger partial charge is 0.331 e. The maximum Gasteiger partial charge on any atom is 0.331 e. The van der Waals surface area contributed by atoms with Crippen LogP contribution in [0.15, 0.2) is 41.6 Å². The number of Topliss-reactive ketones (excluding diaryl/α,β-unsaturated/α-hetero) is 1. The zero-order valence-corrected chi connectivity index (χ0v) is 13.5. The molecule has 0 unspecified atom stereocenters. The Labute approximate surface area is 136 Å². The number of nitriles is 1. The molecule has 1 aromatic carbocycles. The predicted octanol–water partition coefficient (Wildman–Crippen LogP) is 2.69. The number of benzene rings is 1. The van der Waals surface area contributed by atoms with Crippen molar-refractivity contribution in [1.82, 2.24) is 0 Å². The van der Waals surface area contributed by atoms with Gasteiger partial charge >= 0.3 is 5.97 Å². The summed E-state index contributed by atoms with van der Waals surface area (Å²) in [4.78, 5) is 23.2. The molecule has 0 saturated heterocycles. The van der Waals surface area contributed by atoms with Crippen LogP contribution in [0.25, 0.3) is 6.08 Å². The van der Waals surface area contributed by atoms with Crippen molar-refractivity contribution in [2.75, 3.05) is 6.61 Å². The van der Waals surface area contributed by atoms with Gasteiger partial charge in [-0.05, 0) is 30.0 Å². The molecule has 0 aliphatic rings. The molecule has 0 saturated carbocycles. The number of carbonyl (C=O) groups is 2. The van der Waals surface area contributed by atoms with Crippen LogP contribution in [0.4, 0.5) is 0 Å². The molecule has 23 heavy (non-hydrogen) atoms. The number of esters is 1. The molecule has 2 N–H and O–H groups in total. The van der Waals surface area contributed by atoms with Crippen molar-refractivity contribution in [3.8, 4) is 6.07 Å². The van der Waals surface area contributed by atoms with Gasteiger partial charge in [-0.25, -0.2) is 4.79 Å². The van der Waals surface area contributed by atoms with Gasteiger partial charge in [0.15, 0.2) is 6.61 Å². The van der Waals surface area contributed by atoms with Crippen molar-refractivity contribution < 1.29 is 14.3 Å². The molecule has 0 aliphatic carbocycles. The van der Waals surface area contributed by atoms with Crippen molar-refractivity contribution in [2.45, 2.75) is 26.7 Å². The van der Waals surface area contributed by atoms with Gasteiger partial charge in [-0.15, -0.1) is 0 Å². The van der Waals surface area contributed by atoms with Gasteiger partial charge in [-0.3, -0.25) is 4.79 Å². The summed E-state index contributed by atoms with van der Waals surface area (Å²) in [6.07, 6.45) is 2.84. The van der Waals surface area contributed by atoms with E-state index in [4.69, 9.17) is 15.7 Å². The van der Waals surface area contributed by atoms with Crippen LogP contribution >= 0.6 is 0 Å². The summed E-state index contributed by atoms with van der Waals surface area (Å²) in [6, 6.07) is 9.48. The van der Waals surface area contributed by atoms with Crippen molar-refractivity contribution in [3.63, 3.8) is 0 Å². The molecular weight excluding hydrogens is 292 g/mol. The summed E-state index contributed by atoms with van der Waals surface area (Å²) in [6.45, 7) is 5.14. The molecule has 0 spiro atoms. The number of rotatable bonds is 6. The first kappa shape index (κ1) is 18.2. The van der Waals surface area contributed by atoms with Crippen LogP contribution in [0.3, 0.4) is 0 Å². The second-order valence-electron chi connectivity index (χ2n) is 5.36. The van der Waals surface area contributed by atoms with Gasteiger partial charge in [0.05, 0.1) is 0 Å². The van der Waals surface area contributed by atoms with Gasteiger partial charge in [0.25, 0.3) is 0 Å². The normalized spacial score (nSPS) is 12.0. The van der Waals surface area contributed by atoms with Crippen molar-refractivity contribution in [2.24, 2.45) is 5.73 Å². The highest BCUT2D eigenvalue weighted by atomic mass is 16.5. The second kappa shape index (κ2) is 8.54. The number of allylic oxidation sites excluding steroid dienone is 1. The lowest BCUT2D eigenvalue weighted by Gasteiger charge is -2.04. The lowest BCUT2D eigenvalue weighted by Crippen LogP contribution is -2.16. The second-order valence-corrected chi connectivity index (χ2v) is 5.36. The van der Waals surface area contributed by atoms with E-state index in [1.54, 1.807) is 12.1 Å². The molecule has 0 aromatic heterocycles. The Kier molecular flexibility index (Phi) is 6.75. The van der Waals surface area contributed by atoms with E-state index in [-0.39, 0.29) is 11.3 Å². The third-order valence-electron chi connectivity index (χ3n) is 3.15. The lowest BCUT2D eigenvalue weighted by molar-refractivity contribution is -0.141. The Morgan fingerprint density at radius 1 is 1.30 bits per heavy atom. The van der Waals surface area contributed by atoms with E-state index in [0.29, 0.717) is 5.92 Å². The Hall–Kier alpha value is -2.87. The van der Waals surface area contributed by atoms with Crippen LogP contribution in [0.1, 0.15) is 37.8 Å². The monoisotopic (exact) mass is 312 g/mol. The number of nitrogens with zero attached hydrogens (tertiary/aromatic N) is 1. The first-order chi connectivity index (χ1) is 10.8. The van der Waals surface area contributed by atoms with Crippen molar-refractivity contribution >= 4 is 17.8 Å². The number of hydrogen-bond acceptors (Lipinski definition) is 5. The van der Waals surface area contributed by atoms with Gasteiger partial charge in [0, 0.05) is 11.8 Å². The summed E-state index contributed by atoms with van der Waals surface area (Å²) in [7, 11) is 0. The number of hydrogen-bond donors (Lipinski definition) is 1. The minimum absolute atomic E-state index is 0.106. The zero-order valence-electron chi connectivity index (χ0n) is 13.5. The molecule has 5 heteroatoms. The van der Waals surface area contributed by atoms with Gasteiger partial charge in [-0.1, -0.05) is 38.1 Å². The van der Waals surface area contributed by atoms with E-state index in [9.17, 15) is 9.59 Å². The summed E-state index contributed by atoms with van der Waals surface area (Å²) >= 11 is 0. The quantitative estimate of drug-likeness (QED) is 0.495. The predicted molar refractivity (Wildman–Crippen MR) is 88.0 cm³/mol. The molecule has 120 valence electrons. The molecule has 0 bridgehead atoms. The number of ether oxygens (including phenoxy) is 1. The first-order valence-corrected chi connectivity index (χ1v) is 7.19. The summed E-state index contributed by atoms with van der Waals surface area (Å²) < 4.78 is 4.80. The highest BCUT2D eigenvalue weighted by Crippen LogP contribution is 2.15. The molecule has 0 aliphatic heterocycles. The molecule has 1 aromatic rings. The van der Waals surface area contributed by atoms with Crippen LogP contribution in [0.2, 0.25) is 0 Å². The topological polar surface area (TPSA) is 93.2 Å². The fourth-order valence-corrected chi connectivity index (χ4v) is 1.78. The highest BCUT2D eigenvalue weighted by Gasteiger charge is 2.13. The largest absolute Gasteiger partial charge is 0.454 e. The Bertz CT molecular complexity index is 673. The number of carbonyl (C=O) groups excluding carboxylic acids is 2. The molecule has 0 atom stereocenters. The van der Waals surface area contributed by atoms with E-state index >= 15 is 0 Å². The molecule has 1 rings (SSSR count). The fourth-order valence-electron chi connectivity index (χ4n) is 1.78. The van der Waals surface area contributed by atoms with Gasteiger partial charge < -0.3 is 10.5 Å². The molecule has 0 radical (unpaired) electrons. The SMILES string of the molecule is CC(N)=C(C#N)C(=O)COC(=O)C=Cc1ccc(C(C)C)cc1. The summed E-state index contributed by atoms with van der Waals surface area (Å²) in [5, 5.41) is 8.78. The van der Waals surface area contributed by atoms with Crippen molar-refractivity contribution in [3.05, 3.63) is 52.7 Å². The maximum absolute atomic E-state index is 11.6.